The van der Waals surface area contributed by atoms with Crippen LogP contribution in [-0.2, 0) is 17.3 Å². The number of pyridine rings is 1. The van der Waals surface area contributed by atoms with Crippen LogP contribution in [0.2, 0.25) is 0 Å². The smallest absolute Gasteiger partial charge is 0.416 e. The number of rotatable bonds is 6. The number of halogens is 3. The Balaban J connectivity index is 1.35. The Labute approximate surface area is 244 Å². The number of benzene rings is 2. The number of oxazole rings is 1. The second-order valence-corrected chi connectivity index (χ2v) is 12.3. The van der Waals surface area contributed by atoms with Crippen molar-refractivity contribution in [1.82, 2.24) is 15.0 Å². The zero-order chi connectivity index (χ0) is 29.6. The molecule has 6 rings (SSSR count). The third kappa shape index (κ3) is 5.87. The highest BCUT2D eigenvalue weighted by Gasteiger charge is 2.47. The lowest BCUT2D eigenvalue weighted by Gasteiger charge is -2.26. The average molecular weight is 593 g/mol. The minimum atomic E-state index is -4.39. The number of alkyl halides is 3. The minimum Gasteiger partial charge on any atom is -0.443 e. The van der Waals surface area contributed by atoms with E-state index in [9.17, 15) is 18.0 Å². The maximum atomic E-state index is 13.6. The lowest BCUT2D eigenvalue weighted by molar-refractivity contribution is -0.137. The molecule has 3 aromatic heterocycles. The van der Waals surface area contributed by atoms with E-state index in [-0.39, 0.29) is 12.0 Å². The Morgan fingerprint density at radius 2 is 1.83 bits per heavy atom. The molecule has 2 atom stereocenters. The number of nitrogens with zero attached hydrogens (tertiary/aromatic N) is 4. The second kappa shape index (κ2) is 10.5. The number of carbonyl (C=O) groups excluding carboxylic acids is 1. The first kappa shape index (κ1) is 27.9. The number of anilines is 1. The zero-order valence-corrected chi connectivity index (χ0v) is 23.9. The topological polar surface area (TPSA) is 81.4 Å². The van der Waals surface area contributed by atoms with Crippen molar-refractivity contribution < 1.29 is 27.1 Å². The summed E-state index contributed by atoms with van der Waals surface area (Å²) in [4.78, 5) is 29.1. The van der Waals surface area contributed by atoms with Gasteiger partial charge in [-0.15, -0.1) is 0 Å². The van der Waals surface area contributed by atoms with Crippen LogP contribution in [0.25, 0.3) is 32.7 Å². The number of amides is 1. The van der Waals surface area contributed by atoms with Gasteiger partial charge in [-0.3, -0.25) is 4.98 Å². The van der Waals surface area contributed by atoms with Crippen molar-refractivity contribution in [2.75, 3.05) is 4.90 Å². The highest BCUT2D eigenvalue weighted by atomic mass is 32.1. The SMILES string of the molecule is CC(C)(C)OC(=O)N(c1nc(-c2cnco2)c(-c2ccc3cnccc3c2)s1)[C@H]1CC1Cc1ccc(C(F)(F)F)cc1. The van der Waals surface area contributed by atoms with Gasteiger partial charge in [-0.25, -0.2) is 19.7 Å². The number of thiazole rings is 1. The van der Waals surface area contributed by atoms with E-state index in [1.54, 1.807) is 44.3 Å². The Kier molecular flexibility index (Phi) is 7.00. The van der Waals surface area contributed by atoms with Crippen LogP contribution in [0.15, 0.2) is 77.9 Å². The lowest BCUT2D eigenvalue weighted by Crippen LogP contribution is -2.39. The van der Waals surface area contributed by atoms with Crippen LogP contribution in [0.3, 0.4) is 0 Å². The van der Waals surface area contributed by atoms with Gasteiger partial charge in [0, 0.05) is 23.8 Å². The van der Waals surface area contributed by atoms with Crippen LogP contribution >= 0.6 is 11.3 Å². The van der Waals surface area contributed by atoms with Crippen LogP contribution in [0, 0.1) is 5.92 Å². The molecular weight excluding hydrogens is 565 g/mol. The van der Waals surface area contributed by atoms with Gasteiger partial charge < -0.3 is 9.15 Å². The first-order valence-corrected chi connectivity index (χ1v) is 14.2. The summed E-state index contributed by atoms with van der Waals surface area (Å²) in [5, 5.41) is 2.44. The Bertz CT molecular complexity index is 1730. The van der Waals surface area contributed by atoms with Crippen molar-refractivity contribution in [3.8, 4) is 21.9 Å². The highest BCUT2D eigenvalue weighted by molar-refractivity contribution is 7.19. The molecule has 7 nitrogen and oxygen atoms in total. The number of aromatic nitrogens is 3. The van der Waals surface area contributed by atoms with E-state index < -0.39 is 23.4 Å². The molecule has 0 N–H and O–H groups in total. The van der Waals surface area contributed by atoms with Crippen LogP contribution in [0.1, 0.15) is 38.3 Å². The molecule has 216 valence electrons. The molecule has 1 aliphatic rings. The van der Waals surface area contributed by atoms with Crippen LogP contribution in [0.5, 0.6) is 0 Å². The molecule has 1 saturated carbocycles. The molecule has 0 radical (unpaired) electrons. The average Bonchev–Trinajstić information content (AvgIpc) is 3.28. The van der Waals surface area contributed by atoms with E-state index >= 15 is 0 Å². The zero-order valence-electron chi connectivity index (χ0n) is 23.1. The minimum absolute atomic E-state index is 0.0310. The Morgan fingerprint density at radius 3 is 2.52 bits per heavy atom. The van der Waals surface area contributed by atoms with Gasteiger partial charge in [-0.1, -0.05) is 35.6 Å². The van der Waals surface area contributed by atoms with E-state index in [0.717, 1.165) is 38.9 Å². The van der Waals surface area contributed by atoms with Crippen molar-refractivity contribution in [3.05, 3.63) is 84.6 Å². The fraction of sp³-hybridized carbons (Fsp3) is 0.290. The molecule has 1 unspecified atom stereocenters. The van der Waals surface area contributed by atoms with Crippen molar-refractivity contribution in [1.29, 1.82) is 0 Å². The van der Waals surface area contributed by atoms with E-state index in [1.165, 1.54) is 29.9 Å². The molecule has 1 aliphatic carbocycles. The number of hydrogen-bond donors (Lipinski definition) is 0. The number of ether oxygens (including phenoxy) is 1. The quantitative estimate of drug-likeness (QED) is 0.197. The van der Waals surface area contributed by atoms with E-state index in [2.05, 4.69) is 9.97 Å². The van der Waals surface area contributed by atoms with Gasteiger partial charge in [0.1, 0.15) is 11.3 Å². The van der Waals surface area contributed by atoms with Gasteiger partial charge in [0.15, 0.2) is 17.3 Å². The molecule has 0 aliphatic heterocycles. The molecule has 2 aromatic carbocycles. The molecule has 3 heterocycles. The van der Waals surface area contributed by atoms with Crippen molar-refractivity contribution in [2.24, 2.45) is 5.92 Å². The predicted molar refractivity (Wildman–Crippen MR) is 154 cm³/mol. The summed E-state index contributed by atoms with van der Waals surface area (Å²) in [6, 6.07) is 12.9. The summed E-state index contributed by atoms with van der Waals surface area (Å²) >= 11 is 1.35. The fourth-order valence-electron chi connectivity index (χ4n) is 4.90. The van der Waals surface area contributed by atoms with E-state index in [1.807, 2.05) is 24.3 Å². The standard InChI is InChI=1S/C31H27F3N4O3S/c1-30(2,3)41-29(39)38(24-14-22(24)12-18-4-8-23(9-5-18)31(32,33)34)28-37-26(25-16-36-17-40-25)27(42-28)20-6-7-21-15-35-11-10-19(21)13-20/h4-11,13,15-17,22,24H,12,14H2,1-3H3/t22?,24-/m0/s1. The fourth-order valence-corrected chi connectivity index (χ4v) is 6.01. The molecule has 1 fully saturated rings. The summed E-state index contributed by atoms with van der Waals surface area (Å²) in [5.74, 6) is 0.493. The largest absolute Gasteiger partial charge is 0.443 e. The van der Waals surface area contributed by atoms with Gasteiger partial charge in [-0.2, -0.15) is 13.2 Å². The molecule has 1 amide bonds. The van der Waals surface area contributed by atoms with Gasteiger partial charge in [0.25, 0.3) is 0 Å². The van der Waals surface area contributed by atoms with E-state index in [0.29, 0.717) is 29.4 Å². The van der Waals surface area contributed by atoms with Gasteiger partial charge in [0.05, 0.1) is 16.6 Å². The van der Waals surface area contributed by atoms with Crippen LogP contribution in [0.4, 0.5) is 23.1 Å². The number of hydrogen-bond acceptors (Lipinski definition) is 7. The molecule has 42 heavy (non-hydrogen) atoms. The third-order valence-electron chi connectivity index (χ3n) is 6.98. The van der Waals surface area contributed by atoms with Crippen molar-refractivity contribution >= 4 is 33.3 Å². The summed E-state index contributed by atoms with van der Waals surface area (Å²) in [6.45, 7) is 5.40. The monoisotopic (exact) mass is 592 g/mol. The predicted octanol–water partition coefficient (Wildman–Crippen LogP) is 8.40. The van der Waals surface area contributed by atoms with Crippen molar-refractivity contribution in [3.63, 3.8) is 0 Å². The number of carbonyl (C=O) groups is 1. The lowest BCUT2D eigenvalue weighted by atomic mass is 10.1. The summed E-state index contributed by atoms with van der Waals surface area (Å²) < 4.78 is 50.5. The summed E-state index contributed by atoms with van der Waals surface area (Å²) in [5.41, 5.74) is 0.786. The highest BCUT2D eigenvalue weighted by Crippen LogP contribution is 2.47. The van der Waals surface area contributed by atoms with Crippen molar-refractivity contribution in [2.45, 2.75) is 51.4 Å². The van der Waals surface area contributed by atoms with Crippen LogP contribution in [-0.4, -0.2) is 32.7 Å². The Morgan fingerprint density at radius 1 is 1.05 bits per heavy atom. The Hall–Kier alpha value is -4.25. The molecule has 5 aromatic rings. The molecule has 11 heteroatoms. The molecule has 0 bridgehead atoms. The normalized spacial score (nSPS) is 16.9. The third-order valence-corrected chi connectivity index (χ3v) is 8.08. The maximum absolute atomic E-state index is 13.6. The summed E-state index contributed by atoms with van der Waals surface area (Å²) in [6.07, 6.45) is 2.70. The van der Waals surface area contributed by atoms with Gasteiger partial charge in [0.2, 0.25) is 0 Å². The molecule has 0 saturated heterocycles. The van der Waals surface area contributed by atoms with Crippen LogP contribution < -0.4 is 4.90 Å². The number of fused-ring (bicyclic) bond motifs is 1. The summed E-state index contributed by atoms with van der Waals surface area (Å²) in [7, 11) is 0. The molecular formula is C31H27F3N4O3S. The first-order chi connectivity index (χ1) is 20.0. The second-order valence-electron chi connectivity index (χ2n) is 11.3. The maximum Gasteiger partial charge on any atom is 0.416 e. The van der Waals surface area contributed by atoms with Gasteiger partial charge in [-0.05, 0) is 80.3 Å². The van der Waals surface area contributed by atoms with Gasteiger partial charge >= 0.3 is 12.3 Å². The van der Waals surface area contributed by atoms with E-state index in [4.69, 9.17) is 14.1 Å². The molecule has 0 spiro atoms. The first-order valence-electron chi connectivity index (χ1n) is 13.4.